The van der Waals surface area contributed by atoms with Gasteiger partial charge in [-0.1, -0.05) is 20.3 Å². The van der Waals surface area contributed by atoms with Crippen LogP contribution >= 0.6 is 0 Å². The lowest BCUT2D eigenvalue weighted by atomic mass is 9.86. The van der Waals surface area contributed by atoms with Gasteiger partial charge in [-0.15, -0.1) is 0 Å². The summed E-state index contributed by atoms with van der Waals surface area (Å²) in [5, 5.41) is 10.5. The van der Waals surface area contributed by atoms with Crippen molar-refractivity contribution in [1.29, 1.82) is 0 Å². The van der Waals surface area contributed by atoms with Crippen molar-refractivity contribution < 1.29 is 14.2 Å². The molecule has 0 fully saturated rings. The standard InChI is InChI=1S/C13H19FO2/c1-4-8-13(15,5-2)11-9-10(14)6-7-12(11)16-3/h6-7,9,15H,4-5,8H2,1-3H3. The summed E-state index contributed by atoms with van der Waals surface area (Å²) in [6, 6.07) is 4.25. The fraction of sp³-hybridized carbons (Fsp3) is 0.538. The Bertz CT molecular complexity index is 352. The van der Waals surface area contributed by atoms with Gasteiger partial charge < -0.3 is 9.84 Å². The molecular formula is C13H19FO2. The van der Waals surface area contributed by atoms with Crippen LogP contribution in [0.3, 0.4) is 0 Å². The van der Waals surface area contributed by atoms with E-state index in [1.807, 2.05) is 13.8 Å². The highest BCUT2D eigenvalue weighted by molar-refractivity contribution is 5.38. The minimum atomic E-state index is -0.998. The van der Waals surface area contributed by atoms with Gasteiger partial charge in [0.2, 0.25) is 0 Å². The van der Waals surface area contributed by atoms with E-state index in [4.69, 9.17) is 4.74 Å². The van der Waals surface area contributed by atoms with Crippen LogP contribution in [0, 0.1) is 5.82 Å². The molecule has 90 valence electrons. The molecule has 0 bridgehead atoms. The number of ether oxygens (including phenoxy) is 1. The van der Waals surface area contributed by atoms with Crippen molar-refractivity contribution in [2.75, 3.05) is 7.11 Å². The molecular weight excluding hydrogens is 207 g/mol. The summed E-state index contributed by atoms with van der Waals surface area (Å²) in [6.07, 6.45) is 1.98. The van der Waals surface area contributed by atoms with Crippen molar-refractivity contribution in [1.82, 2.24) is 0 Å². The largest absolute Gasteiger partial charge is 0.496 e. The minimum absolute atomic E-state index is 0.348. The maximum absolute atomic E-state index is 13.2. The highest BCUT2D eigenvalue weighted by Gasteiger charge is 2.29. The third kappa shape index (κ3) is 2.53. The molecule has 1 aromatic rings. The van der Waals surface area contributed by atoms with E-state index in [0.29, 0.717) is 24.2 Å². The Kier molecular flexibility index (Phi) is 4.30. The molecule has 2 nitrogen and oxygen atoms in total. The van der Waals surface area contributed by atoms with Gasteiger partial charge in [0.25, 0.3) is 0 Å². The highest BCUT2D eigenvalue weighted by atomic mass is 19.1. The van der Waals surface area contributed by atoms with Gasteiger partial charge in [-0.3, -0.25) is 0 Å². The molecule has 16 heavy (non-hydrogen) atoms. The molecule has 0 aliphatic heterocycles. The normalized spacial score (nSPS) is 14.6. The number of methoxy groups -OCH3 is 1. The van der Waals surface area contributed by atoms with E-state index in [0.717, 1.165) is 6.42 Å². The summed E-state index contributed by atoms with van der Waals surface area (Å²) in [4.78, 5) is 0. The average molecular weight is 226 g/mol. The van der Waals surface area contributed by atoms with Crippen molar-refractivity contribution in [3.05, 3.63) is 29.6 Å². The molecule has 0 aromatic heterocycles. The van der Waals surface area contributed by atoms with Crippen molar-refractivity contribution in [2.24, 2.45) is 0 Å². The molecule has 0 spiro atoms. The van der Waals surface area contributed by atoms with Crippen LogP contribution < -0.4 is 4.74 Å². The Morgan fingerprint density at radius 3 is 2.56 bits per heavy atom. The van der Waals surface area contributed by atoms with Gasteiger partial charge in [-0.05, 0) is 31.0 Å². The van der Waals surface area contributed by atoms with E-state index in [2.05, 4.69) is 0 Å². The van der Waals surface area contributed by atoms with E-state index in [1.165, 1.54) is 19.2 Å². The fourth-order valence-corrected chi connectivity index (χ4v) is 1.96. The monoisotopic (exact) mass is 226 g/mol. The van der Waals surface area contributed by atoms with Crippen molar-refractivity contribution >= 4 is 0 Å². The molecule has 0 aliphatic rings. The third-order valence-electron chi connectivity index (χ3n) is 2.91. The number of rotatable bonds is 5. The van der Waals surface area contributed by atoms with Gasteiger partial charge in [0.05, 0.1) is 12.7 Å². The van der Waals surface area contributed by atoms with Crippen LogP contribution in [0.2, 0.25) is 0 Å². The number of hydrogen-bond acceptors (Lipinski definition) is 2. The molecule has 1 atom stereocenters. The zero-order chi connectivity index (χ0) is 12.2. The van der Waals surface area contributed by atoms with Crippen LogP contribution in [0.25, 0.3) is 0 Å². The van der Waals surface area contributed by atoms with Gasteiger partial charge in [-0.25, -0.2) is 4.39 Å². The number of aliphatic hydroxyl groups is 1. The van der Waals surface area contributed by atoms with Crippen LogP contribution in [-0.4, -0.2) is 12.2 Å². The van der Waals surface area contributed by atoms with Gasteiger partial charge in [0.15, 0.2) is 0 Å². The van der Waals surface area contributed by atoms with Crippen LogP contribution in [0.15, 0.2) is 18.2 Å². The minimum Gasteiger partial charge on any atom is -0.496 e. The molecule has 0 aliphatic carbocycles. The maximum atomic E-state index is 13.2. The van der Waals surface area contributed by atoms with Gasteiger partial charge >= 0.3 is 0 Å². The molecule has 0 amide bonds. The lowest BCUT2D eigenvalue weighted by molar-refractivity contribution is 0.0200. The number of halogens is 1. The number of benzene rings is 1. The zero-order valence-corrected chi connectivity index (χ0v) is 10.1. The summed E-state index contributed by atoms with van der Waals surface area (Å²) in [5.41, 5.74) is -0.457. The molecule has 1 rings (SSSR count). The predicted octanol–water partition coefficient (Wildman–Crippen LogP) is 3.23. The van der Waals surface area contributed by atoms with Crippen molar-refractivity contribution in [2.45, 2.75) is 38.7 Å². The van der Waals surface area contributed by atoms with Crippen LogP contribution in [-0.2, 0) is 5.60 Å². The fourth-order valence-electron chi connectivity index (χ4n) is 1.96. The van der Waals surface area contributed by atoms with Gasteiger partial charge in [0, 0.05) is 5.56 Å². The summed E-state index contributed by atoms with van der Waals surface area (Å²) in [5.74, 6) is 0.193. The quantitative estimate of drug-likeness (QED) is 0.835. The van der Waals surface area contributed by atoms with Crippen LogP contribution in [0.4, 0.5) is 4.39 Å². The Morgan fingerprint density at radius 2 is 2.06 bits per heavy atom. The summed E-state index contributed by atoms with van der Waals surface area (Å²) in [7, 11) is 1.53. The molecule has 1 aromatic carbocycles. The number of hydrogen-bond donors (Lipinski definition) is 1. The lowest BCUT2D eigenvalue weighted by Gasteiger charge is -2.28. The first-order chi connectivity index (χ1) is 7.57. The molecule has 1 unspecified atom stereocenters. The second-order valence-corrected chi connectivity index (χ2v) is 3.98. The SMILES string of the molecule is CCCC(O)(CC)c1cc(F)ccc1OC. The Morgan fingerprint density at radius 1 is 1.38 bits per heavy atom. The molecule has 0 radical (unpaired) electrons. The average Bonchev–Trinajstić information content (AvgIpc) is 2.29. The highest BCUT2D eigenvalue weighted by Crippen LogP contribution is 2.36. The zero-order valence-electron chi connectivity index (χ0n) is 10.1. The Balaban J connectivity index is 3.21. The summed E-state index contributed by atoms with van der Waals surface area (Å²) < 4.78 is 18.4. The van der Waals surface area contributed by atoms with Crippen molar-refractivity contribution in [3.63, 3.8) is 0 Å². The van der Waals surface area contributed by atoms with E-state index < -0.39 is 5.60 Å². The van der Waals surface area contributed by atoms with E-state index in [1.54, 1.807) is 6.07 Å². The Labute approximate surface area is 96.1 Å². The van der Waals surface area contributed by atoms with Gasteiger partial charge in [0.1, 0.15) is 11.6 Å². The van der Waals surface area contributed by atoms with Crippen LogP contribution in [0.5, 0.6) is 5.75 Å². The lowest BCUT2D eigenvalue weighted by Crippen LogP contribution is -2.25. The van der Waals surface area contributed by atoms with Crippen molar-refractivity contribution in [3.8, 4) is 5.75 Å². The second-order valence-electron chi connectivity index (χ2n) is 3.98. The molecule has 1 N–H and O–H groups in total. The van der Waals surface area contributed by atoms with E-state index in [-0.39, 0.29) is 5.82 Å². The first kappa shape index (κ1) is 13.0. The smallest absolute Gasteiger partial charge is 0.125 e. The first-order valence-corrected chi connectivity index (χ1v) is 5.63. The molecule has 0 saturated heterocycles. The summed E-state index contributed by atoms with van der Waals surface area (Å²) >= 11 is 0. The van der Waals surface area contributed by atoms with E-state index >= 15 is 0 Å². The van der Waals surface area contributed by atoms with Gasteiger partial charge in [-0.2, -0.15) is 0 Å². The second kappa shape index (κ2) is 5.30. The summed E-state index contributed by atoms with van der Waals surface area (Å²) in [6.45, 7) is 3.88. The molecule has 0 heterocycles. The topological polar surface area (TPSA) is 29.5 Å². The Hall–Kier alpha value is -1.09. The third-order valence-corrected chi connectivity index (χ3v) is 2.91. The molecule has 0 saturated carbocycles. The maximum Gasteiger partial charge on any atom is 0.125 e. The van der Waals surface area contributed by atoms with E-state index in [9.17, 15) is 9.50 Å². The molecule has 3 heteroatoms. The first-order valence-electron chi connectivity index (χ1n) is 5.63. The van der Waals surface area contributed by atoms with Crippen LogP contribution in [0.1, 0.15) is 38.7 Å². The predicted molar refractivity (Wildman–Crippen MR) is 62.0 cm³/mol.